The van der Waals surface area contributed by atoms with E-state index < -0.39 is 72.6 Å². The minimum Gasteiger partial charge on any atom is -0.481 e. The number of nitrogens with zero attached hydrogens (tertiary/aromatic N) is 1. The molecule has 16 nitrogen and oxygen atoms in total. The quantitative estimate of drug-likeness (QED) is 0.0568. The highest BCUT2D eigenvalue weighted by Gasteiger charge is 2.30. The van der Waals surface area contributed by atoms with Crippen LogP contribution in [0, 0.1) is 0 Å². The van der Waals surface area contributed by atoms with Crippen molar-refractivity contribution in [3.8, 4) is 0 Å². The van der Waals surface area contributed by atoms with Crippen LogP contribution in [0.5, 0.6) is 0 Å². The summed E-state index contributed by atoms with van der Waals surface area (Å²) >= 11 is 0. The maximum Gasteiger partial charge on any atom is 0.325 e. The molecule has 0 aliphatic carbocycles. The average molecular weight is 489 g/mol. The molecule has 4 amide bonds. The Labute approximate surface area is 194 Å². The number of carbonyl (C=O) groups is 6. The zero-order valence-electron chi connectivity index (χ0n) is 18.7. The third-order valence-electron chi connectivity index (χ3n) is 4.35. The predicted molar refractivity (Wildman–Crippen MR) is 118 cm³/mol. The summed E-state index contributed by atoms with van der Waals surface area (Å²) < 4.78 is 0. The van der Waals surface area contributed by atoms with E-state index in [0.29, 0.717) is 6.42 Å². The number of hydrogen-bond donors (Lipinski definition) is 9. The Hall–Kier alpha value is -3.95. The van der Waals surface area contributed by atoms with Crippen molar-refractivity contribution < 1.29 is 39.0 Å². The molecule has 16 heteroatoms. The number of primary amides is 1. The molecule has 0 aliphatic heterocycles. The van der Waals surface area contributed by atoms with Crippen molar-refractivity contribution in [3.63, 3.8) is 0 Å². The number of carboxylic acids is 2. The fourth-order valence-electron chi connectivity index (χ4n) is 2.52. The first kappa shape index (κ1) is 30.1. The Morgan fingerprint density at radius 1 is 0.853 bits per heavy atom. The summed E-state index contributed by atoms with van der Waals surface area (Å²) in [5.74, 6) is -6.50. The third-order valence-corrected chi connectivity index (χ3v) is 4.35. The molecule has 0 bridgehead atoms. The van der Waals surface area contributed by atoms with Gasteiger partial charge in [0.1, 0.15) is 18.1 Å². The first-order valence-electron chi connectivity index (χ1n) is 10.2. The molecule has 0 fully saturated rings. The van der Waals surface area contributed by atoms with E-state index in [1.165, 1.54) is 0 Å². The fourth-order valence-corrected chi connectivity index (χ4v) is 2.52. The highest BCUT2D eigenvalue weighted by molar-refractivity contribution is 5.96. The number of amides is 4. The lowest BCUT2D eigenvalue weighted by Crippen LogP contribution is -2.57. The van der Waals surface area contributed by atoms with Gasteiger partial charge in [0.25, 0.3) is 0 Å². The first-order valence-corrected chi connectivity index (χ1v) is 10.2. The SMILES string of the molecule is CC(NC(=O)C(CC(N)=O)NC(=O)C(CCC(=O)O)NC(=O)C(N)CCCN=C(N)N)C(=O)O. The number of nitrogens with two attached hydrogens (primary N) is 4. The van der Waals surface area contributed by atoms with E-state index in [-0.39, 0.29) is 25.3 Å². The van der Waals surface area contributed by atoms with Gasteiger partial charge in [-0.3, -0.25) is 33.8 Å². The van der Waals surface area contributed by atoms with Gasteiger partial charge in [0.15, 0.2) is 5.96 Å². The fraction of sp³-hybridized carbons (Fsp3) is 0.611. The van der Waals surface area contributed by atoms with Crippen LogP contribution in [0.3, 0.4) is 0 Å². The van der Waals surface area contributed by atoms with Gasteiger partial charge in [-0.25, -0.2) is 0 Å². The monoisotopic (exact) mass is 488 g/mol. The van der Waals surface area contributed by atoms with E-state index in [2.05, 4.69) is 20.9 Å². The van der Waals surface area contributed by atoms with Crippen molar-refractivity contribution in [2.45, 2.75) is 63.2 Å². The van der Waals surface area contributed by atoms with Gasteiger partial charge < -0.3 is 49.1 Å². The molecule has 0 rings (SSSR count). The molecular weight excluding hydrogens is 456 g/mol. The Kier molecular flexibility index (Phi) is 13.2. The largest absolute Gasteiger partial charge is 0.481 e. The minimum atomic E-state index is -1.57. The number of carboxylic acid groups (broad SMARTS) is 2. The summed E-state index contributed by atoms with van der Waals surface area (Å²) in [6.45, 7) is 1.37. The second kappa shape index (κ2) is 15.0. The van der Waals surface area contributed by atoms with E-state index in [0.717, 1.165) is 6.92 Å². The van der Waals surface area contributed by atoms with Crippen LogP contribution in [-0.2, 0) is 28.8 Å². The lowest BCUT2D eigenvalue weighted by Gasteiger charge is -2.24. The number of nitrogens with one attached hydrogen (secondary N) is 3. The van der Waals surface area contributed by atoms with Crippen molar-refractivity contribution >= 4 is 41.5 Å². The molecule has 0 radical (unpaired) electrons. The van der Waals surface area contributed by atoms with E-state index in [4.69, 9.17) is 33.1 Å². The minimum absolute atomic E-state index is 0.129. The van der Waals surface area contributed by atoms with Gasteiger partial charge in [0.2, 0.25) is 23.6 Å². The van der Waals surface area contributed by atoms with Crippen molar-refractivity contribution in [1.82, 2.24) is 16.0 Å². The van der Waals surface area contributed by atoms with E-state index in [9.17, 15) is 28.8 Å². The standard InChI is InChI=1S/C18H32N8O8/c1-8(17(33)34)24-16(32)11(7-12(20)27)26-15(31)10(4-5-13(28)29)25-14(30)9(19)3-2-6-23-18(21)22/h8-11H,2-7,19H2,1H3,(H2,20,27)(H,24,32)(H,25,30)(H,26,31)(H,28,29)(H,33,34)(H4,21,22,23). The number of rotatable bonds is 16. The van der Waals surface area contributed by atoms with Gasteiger partial charge in [-0.05, 0) is 26.2 Å². The van der Waals surface area contributed by atoms with Crippen LogP contribution in [-0.4, -0.2) is 82.5 Å². The van der Waals surface area contributed by atoms with Gasteiger partial charge in [-0.15, -0.1) is 0 Å². The number of aliphatic imine (C=N–C) groups is 1. The maximum absolute atomic E-state index is 12.7. The molecule has 0 heterocycles. The molecule has 13 N–H and O–H groups in total. The molecule has 0 aliphatic rings. The van der Waals surface area contributed by atoms with Crippen LogP contribution >= 0.6 is 0 Å². The van der Waals surface area contributed by atoms with Crippen molar-refractivity contribution in [2.24, 2.45) is 27.9 Å². The number of hydrogen-bond acceptors (Lipinski definition) is 8. The van der Waals surface area contributed by atoms with Crippen LogP contribution in [0.1, 0.15) is 39.0 Å². The molecule has 34 heavy (non-hydrogen) atoms. The highest BCUT2D eigenvalue weighted by Crippen LogP contribution is 2.04. The lowest BCUT2D eigenvalue weighted by atomic mass is 10.1. The third kappa shape index (κ3) is 12.8. The summed E-state index contributed by atoms with van der Waals surface area (Å²) in [7, 11) is 0. The Bertz CT molecular complexity index is 799. The lowest BCUT2D eigenvalue weighted by molar-refractivity contribution is -0.142. The van der Waals surface area contributed by atoms with Crippen LogP contribution in [0.25, 0.3) is 0 Å². The van der Waals surface area contributed by atoms with Gasteiger partial charge in [0.05, 0.1) is 12.5 Å². The second-order valence-electron chi connectivity index (χ2n) is 7.35. The topological polar surface area (TPSA) is 295 Å². The summed E-state index contributed by atoms with van der Waals surface area (Å²) in [6, 6.07) is -5.40. The van der Waals surface area contributed by atoms with Gasteiger partial charge >= 0.3 is 11.9 Å². The van der Waals surface area contributed by atoms with Gasteiger partial charge in [-0.1, -0.05) is 0 Å². The molecule has 0 aromatic heterocycles. The van der Waals surface area contributed by atoms with Crippen LogP contribution in [0.2, 0.25) is 0 Å². The van der Waals surface area contributed by atoms with Crippen molar-refractivity contribution in [2.75, 3.05) is 6.54 Å². The maximum atomic E-state index is 12.7. The summed E-state index contributed by atoms with van der Waals surface area (Å²) in [5.41, 5.74) is 21.3. The zero-order chi connectivity index (χ0) is 26.4. The summed E-state index contributed by atoms with van der Waals surface area (Å²) in [4.78, 5) is 74.4. The molecule has 0 aromatic rings. The summed E-state index contributed by atoms with van der Waals surface area (Å²) in [6.07, 6.45) is -1.05. The first-order chi connectivity index (χ1) is 15.7. The smallest absolute Gasteiger partial charge is 0.325 e. The normalized spacial score (nSPS) is 13.9. The van der Waals surface area contributed by atoms with E-state index >= 15 is 0 Å². The van der Waals surface area contributed by atoms with Crippen LogP contribution < -0.4 is 38.9 Å². The molecule has 4 atom stereocenters. The number of guanidine groups is 1. The summed E-state index contributed by atoms with van der Waals surface area (Å²) in [5, 5.41) is 24.4. The Morgan fingerprint density at radius 3 is 1.91 bits per heavy atom. The van der Waals surface area contributed by atoms with Crippen LogP contribution in [0.4, 0.5) is 0 Å². The highest BCUT2D eigenvalue weighted by atomic mass is 16.4. The molecule has 0 spiro atoms. The van der Waals surface area contributed by atoms with Crippen molar-refractivity contribution in [1.29, 1.82) is 0 Å². The van der Waals surface area contributed by atoms with Gasteiger partial charge in [-0.2, -0.15) is 0 Å². The average Bonchev–Trinajstić information content (AvgIpc) is 2.72. The van der Waals surface area contributed by atoms with Crippen LogP contribution in [0.15, 0.2) is 4.99 Å². The second-order valence-corrected chi connectivity index (χ2v) is 7.35. The van der Waals surface area contributed by atoms with Gasteiger partial charge in [0, 0.05) is 13.0 Å². The predicted octanol–water partition coefficient (Wildman–Crippen LogP) is -4.33. The number of carbonyl (C=O) groups excluding carboxylic acids is 4. The molecular formula is C18H32N8O8. The molecule has 4 unspecified atom stereocenters. The molecule has 192 valence electrons. The van der Waals surface area contributed by atoms with E-state index in [1.54, 1.807) is 0 Å². The Balaban J connectivity index is 5.34. The molecule has 0 saturated heterocycles. The molecule has 0 aromatic carbocycles. The van der Waals surface area contributed by atoms with Crippen molar-refractivity contribution in [3.05, 3.63) is 0 Å². The number of aliphatic carboxylic acids is 2. The Morgan fingerprint density at radius 2 is 1.41 bits per heavy atom. The van der Waals surface area contributed by atoms with E-state index in [1.807, 2.05) is 0 Å². The molecule has 0 saturated carbocycles. The zero-order valence-corrected chi connectivity index (χ0v) is 18.7.